The van der Waals surface area contributed by atoms with E-state index in [0.717, 1.165) is 17.7 Å². The molecule has 6 nitrogen and oxygen atoms in total. The van der Waals surface area contributed by atoms with E-state index in [2.05, 4.69) is 15.7 Å². The Balaban J connectivity index is 1.25. The zero-order valence-electron chi connectivity index (χ0n) is 16.2. The largest absolute Gasteiger partial charge is 0.351 e. The average molecular weight is 380 g/mol. The van der Waals surface area contributed by atoms with Crippen LogP contribution in [0.25, 0.3) is 0 Å². The van der Waals surface area contributed by atoms with Gasteiger partial charge in [-0.2, -0.15) is 5.10 Å². The number of hydrogen-bond acceptors (Lipinski definition) is 3. The van der Waals surface area contributed by atoms with Gasteiger partial charge in [0.15, 0.2) is 0 Å². The third-order valence-electron chi connectivity index (χ3n) is 5.80. The van der Waals surface area contributed by atoms with Gasteiger partial charge in [-0.1, -0.05) is 49.6 Å². The second kappa shape index (κ2) is 8.59. The summed E-state index contributed by atoms with van der Waals surface area (Å²) in [5.74, 6) is 0.541. The molecule has 1 saturated carbocycles. The summed E-state index contributed by atoms with van der Waals surface area (Å²) in [7, 11) is 0. The number of carbonyl (C=O) groups is 2. The first-order chi connectivity index (χ1) is 13.7. The van der Waals surface area contributed by atoms with Crippen molar-refractivity contribution in [1.82, 2.24) is 20.4 Å². The van der Waals surface area contributed by atoms with E-state index in [-0.39, 0.29) is 17.9 Å². The van der Waals surface area contributed by atoms with E-state index in [0.29, 0.717) is 31.1 Å². The van der Waals surface area contributed by atoms with Crippen LogP contribution in [0.1, 0.15) is 60.3 Å². The summed E-state index contributed by atoms with van der Waals surface area (Å²) >= 11 is 0. The highest BCUT2D eigenvalue weighted by Crippen LogP contribution is 2.26. The fourth-order valence-corrected chi connectivity index (χ4v) is 4.32. The molecule has 28 heavy (non-hydrogen) atoms. The highest BCUT2D eigenvalue weighted by Gasteiger charge is 2.27. The Hall–Kier alpha value is -2.63. The average Bonchev–Trinajstić information content (AvgIpc) is 3.26. The van der Waals surface area contributed by atoms with Gasteiger partial charge in [0.25, 0.3) is 5.91 Å². The van der Waals surface area contributed by atoms with Gasteiger partial charge in [-0.3, -0.25) is 14.3 Å². The molecule has 2 heterocycles. The molecule has 2 N–H and O–H groups in total. The SMILES string of the molecule is O=C(CC1CCCCC1)NC1Cc2cc(C(=O)NCc3ccccc3)nn2C1. The number of rotatable bonds is 6. The Morgan fingerprint density at radius 1 is 1.11 bits per heavy atom. The molecule has 1 atom stereocenters. The van der Waals surface area contributed by atoms with E-state index in [4.69, 9.17) is 0 Å². The molecule has 0 bridgehead atoms. The third-order valence-corrected chi connectivity index (χ3v) is 5.80. The molecule has 2 aliphatic rings. The highest BCUT2D eigenvalue weighted by molar-refractivity contribution is 5.92. The Kier molecular flexibility index (Phi) is 5.74. The molecule has 148 valence electrons. The summed E-state index contributed by atoms with van der Waals surface area (Å²) in [6.07, 6.45) is 7.56. The molecule has 1 aliphatic heterocycles. The zero-order chi connectivity index (χ0) is 19.3. The van der Waals surface area contributed by atoms with Crippen LogP contribution >= 0.6 is 0 Å². The lowest BCUT2D eigenvalue weighted by molar-refractivity contribution is -0.122. The molecular formula is C22H28N4O2. The Morgan fingerprint density at radius 2 is 1.89 bits per heavy atom. The van der Waals surface area contributed by atoms with Crippen molar-refractivity contribution in [1.29, 1.82) is 0 Å². The first-order valence-corrected chi connectivity index (χ1v) is 10.4. The molecule has 6 heteroatoms. The highest BCUT2D eigenvalue weighted by atomic mass is 16.2. The minimum absolute atomic E-state index is 0.0834. The van der Waals surface area contributed by atoms with Gasteiger partial charge >= 0.3 is 0 Å². The van der Waals surface area contributed by atoms with Crippen LogP contribution in [0, 0.1) is 5.92 Å². The molecule has 1 aromatic heterocycles. The van der Waals surface area contributed by atoms with Gasteiger partial charge < -0.3 is 10.6 Å². The third kappa shape index (κ3) is 4.61. The van der Waals surface area contributed by atoms with Crippen LogP contribution in [0.3, 0.4) is 0 Å². The van der Waals surface area contributed by atoms with E-state index in [1.807, 2.05) is 41.1 Å². The van der Waals surface area contributed by atoms with E-state index < -0.39 is 0 Å². The van der Waals surface area contributed by atoms with Crippen LogP contribution in [0.5, 0.6) is 0 Å². The van der Waals surface area contributed by atoms with Gasteiger partial charge in [-0.05, 0) is 30.4 Å². The smallest absolute Gasteiger partial charge is 0.272 e. The molecule has 1 aromatic carbocycles. The van der Waals surface area contributed by atoms with Crippen LogP contribution in [-0.2, 0) is 24.3 Å². The molecule has 2 amide bonds. The van der Waals surface area contributed by atoms with E-state index in [1.165, 1.54) is 32.1 Å². The lowest BCUT2D eigenvalue weighted by atomic mass is 9.87. The molecule has 2 aromatic rings. The maximum absolute atomic E-state index is 12.3. The fourth-order valence-electron chi connectivity index (χ4n) is 4.32. The van der Waals surface area contributed by atoms with Crippen molar-refractivity contribution in [2.24, 2.45) is 5.92 Å². The summed E-state index contributed by atoms with van der Waals surface area (Å²) < 4.78 is 1.85. The van der Waals surface area contributed by atoms with Crippen LogP contribution in [0.15, 0.2) is 36.4 Å². The molecule has 1 unspecified atom stereocenters. The van der Waals surface area contributed by atoms with Crippen molar-refractivity contribution in [2.75, 3.05) is 0 Å². The molecule has 0 saturated heterocycles. The normalized spacial score (nSPS) is 19.2. The van der Waals surface area contributed by atoms with Gasteiger partial charge in [0.05, 0.1) is 12.6 Å². The molecule has 0 spiro atoms. The molecular weight excluding hydrogens is 352 g/mol. The number of aromatic nitrogens is 2. The number of carbonyl (C=O) groups excluding carboxylic acids is 2. The first kappa shape index (κ1) is 18.7. The Labute approximate surface area is 165 Å². The number of nitrogens with one attached hydrogen (secondary N) is 2. The second-order valence-corrected chi connectivity index (χ2v) is 8.05. The van der Waals surface area contributed by atoms with Gasteiger partial charge in [-0.25, -0.2) is 0 Å². The van der Waals surface area contributed by atoms with Crippen LogP contribution in [0.2, 0.25) is 0 Å². The minimum Gasteiger partial charge on any atom is -0.351 e. The number of nitrogens with zero attached hydrogens (tertiary/aromatic N) is 2. The van der Waals surface area contributed by atoms with Gasteiger partial charge in [0.1, 0.15) is 5.69 Å². The fraction of sp³-hybridized carbons (Fsp3) is 0.500. The predicted molar refractivity (Wildman–Crippen MR) is 107 cm³/mol. The van der Waals surface area contributed by atoms with Gasteiger partial charge in [0.2, 0.25) is 5.91 Å². The van der Waals surface area contributed by atoms with Gasteiger partial charge in [0, 0.05) is 25.1 Å². The number of hydrogen-bond donors (Lipinski definition) is 2. The van der Waals surface area contributed by atoms with Crippen molar-refractivity contribution >= 4 is 11.8 Å². The minimum atomic E-state index is -0.163. The molecule has 1 aliphatic carbocycles. The summed E-state index contributed by atoms with van der Waals surface area (Å²) in [5.41, 5.74) is 2.51. The van der Waals surface area contributed by atoms with E-state index in [9.17, 15) is 9.59 Å². The molecule has 4 rings (SSSR count). The van der Waals surface area contributed by atoms with E-state index in [1.54, 1.807) is 0 Å². The quantitative estimate of drug-likeness (QED) is 0.809. The van der Waals surface area contributed by atoms with Crippen molar-refractivity contribution in [2.45, 2.75) is 64.1 Å². The van der Waals surface area contributed by atoms with Crippen LogP contribution in [0.4, 0.5) is 0 Å². The summed E-state index contributed by atoms with van der Waals surface area (Å²) in [5, 5.41) is 10.5. The lowest BCUT2D eigenvalue weighted by Gasteiger charge is -2.21. The first-order valence-electron chi connectivity index (χ1n) is 10.4. The van der Waals surface area contributed by atoms with Crippen molar-refractivity contribution in [3.05, 3.63) is 53.3 Å². The van der Waals surface area contributed by atoms with E-state index >= 15 is 0 Å². The number of amides is 2. The van der Waals surface area contributed by atoms with Crippen LogP contribution in [-0.4, -0.2) is 27.6 Å². The standard InChI is InChI=1S/C22H28N4O2/c27-21(11-16-7-3-1-4-8-16)24-18-12-19-13-20(25-26(19)15-18)22(28)23-14-17-9-5-2-6-10-17/h2,5-6,9-10,13,16,18H,1,3-4,7-8,11-12,14-15H2,(H,23,28)(H,24,27). The summed E-state index contributed by atoms with van der Waals surface area (Å²) in [6.45, 7) is 1.12. The maximum atomic E-state index is 12.3. The van der Waals surface area contributed by atoms with Crippen molar-refractivity contribution in [3.8, 4) is 0 Å². The van der Waals surface area contributed by atoms with Crippen molar-refractivity contribution < 1.29 is 9.59 Å². The summed E-state index contributed by atoms with van der Waals surface area (Å²) in [4.78, 5) is 24.7. The lowest BCUT2D eigenvalue weighted by Crippen LogP contribution is -2.37. The summed E-state index contributed by atoms with van der Waals surface area (Å²) in [6, 6.07) is 11.7. The number of benzene rings is 1. The second-order valence-electron chi connectivity index (χ2n) is 8.05. The number of fused-ring (bicyclic) bond motifs is 1. The Morgan fingerprint density at radius 3 is 2.64 bits per heavy atom. The van der Waals surface area contributed by atoms with Crippen molar-refractivity contribution in [3.63, 3.8) is 0 Å². The molecule has 1 fully saturated rings. The van der Waals surface area contributed by atoms with Gasteiger partial charge in [-0.15, -0.1) is 0 Å². The predicted octanol–water partition coefficient (Wildman–Crippen LogP) is 2.82. The van der Waals surface area contributed by atoms with Crippen LogP contribution < -0.4 is 10.6 Å². The maximum Gasteiger partial charge on any atom is 0.272 e. The monoisotopic (exact) mass is 380 g/mol. The Bertz CT molecular complexity index is 801. The molecule has 0 radical (unpaired) electrons. The topological polar surface area (TPSA) is 76.0 Å². The zero-order valence-corrected chi connectivity index (χ0v) is 16.2.